The molecule has 2 N–H and O–H groups in total. The Morgan fingerprint density at radius 1 is 1.44 bits per heavy atom. The number of anilines is 1. The highest BCUT2D eigenvalue weighted by atomic mass is 19.1. The Kier molecular flexibility index (Phi) is 3.50. The lowest BCUT2D eigenvalue weighted by molar-refractivity contribution is 0.386. The van der Waals surface area contributed by atoms with E-state index in [9.17, 15) is 4.39 Å². The number of methoxy groups -OCH3 is 1. The summed E-state index contributed by atoms with van der Waals surface area (Å²) in [6.45, 7) is 2.03. The van der Waals surface area contributed by atoms with Gasteiger partial charge in [0.1, 0.15) is 0 Å². The molecule has 1 aromatic heterocycles. The molecule has 0 atom stereocenters. The molecule has 1 heterocycles. The molecule has 0 unspecified atom stereocenters. The van der Waals surface area contributed by atoms with Crippen LogP contribution in [0.3, 0.4) is 0 Å². The second-order valence-corrected chi connectivity index (χ2v) is 3.97. The van der Waals surface area contributed by atoms with Crippen LogP contribution in [0, 0.1) is 5.82 Å². The largest absolute Gasteiger partial charge is 0.494 e. The Labute approximate surface area is 105 Å². The van der Waals surface area contributed by atoms with E-state index in [1.807, 2.05) is 6.92 Å². The lowest BCUT2D eigenvalue weighted by Crippen LogP contribution is -1.93. The molecule has 0 saturated heterocycles. The normalized spacial score (nSPS) is 10.6. The van der Waals surface area contributed by atoms with Crippen molar-refractivity contribution >= 4 is 5.82 Å². The van der Waals surface area contributed by atoms with Crippen molar-refractivity contribution in [1.29, 1.82) is 0 Å². The third-order valence-electron chi connectivity index (χ3n) is 2.73. The highest BCUT2D eigenvalue weighted by Gasteiger charge is 2.16. The van der Waals surface area contributed by atoms with Crippen molar-refractivity contribution in [3.8, 4) is 17.1 Å². The van der Waals surface area contributed by atoms with Gasteiger partial charge in [0.05, 0.1) is 7.11 Å². The van der Waals surface area contributed by atoms with Crippen LogP contribution in [-0.4, -0.2) is 12.3 Å². The summed E-state index contributed by atoms with van der Waals surface area (Å²) in [4.78, 5) is 0. The minimum absolute atomic E-state index is 0.197. The molecule has 96 valence electrons. The molecule has 0 amide bonds. The van der Waals surface area contributed by atoms with E-state index in [2.05, 4.69) is 5.16 Å². The van der Waals surface area contributed by atoms with Crippen molar-refractivity contribution in [1.82, 2.24) is 5.16 Å². The Bertz CT molecular complexity index is 552. The van der Waals surface area contributed by atoms with Crippen molar-refractivity contribution in [2.45, 2.75) is 19.8 Å². The number of aromatic nitrogens is 1. The summed E-state index contributed by atoms with van der Waals surface area (Å²) in [7, 11) is 1.42. The first-order valence-electron chi connectivity index (χ1n) is 5.75. The zero-order chi connectivity index (χ0) is 13.1. The van der Waals surface area contributed by atoms with Crippen LogP contribution in [0.25, 0.3) is 11.3 Å². The summed E-state index contributed by atoms with van der Waals surface area (Å²) in [5.74, 6) is 0.648. The summed E-state index contributed by atoms with van der Waals surface area (Å²) in [6, 6.07) is 4.64. The van der Waals surface area contributed by atoms with Crippen LogP contribution in [0.4, 0.5) is 10.2 Å². The third-order valence-corrected chi connectivity index (χ3v) is 2.73. The molecule has 4 nitrogen and oxygen atoms in total. The second-order valence-electron chi connectivity index (χ2n) is 3.97. The third kappa shape index (κ3) is 2.16. The van der Waals surface area contributed by atoms with Gasteiger partial charge in [-0.05, 0) is 24.6 Å². The fourth-order valence-electron chi connectivity index (χ4n) is 1.85. The van der Waals surface area contributed by atoms with Gasteiger partial charge in [-0.15, -0.1) is 0 Å². The molecule has 1 aromatic carbocycles. The fourth-order valence-corrected chi connectivity index (χ4v) is 1.85. The van der Waals surface area contributed by atoms with Crippen LogP contribution in [0.15, 0.2) is 22.7 Å². The smallest absolute Gasteiger partial charge is 0.172 e. The highest BCUT2D eigenvalue weighted by Crippen LogP contribution is 2.31. The van der Waals surface area contributed by atoms with Gasteiger partial charge in [-0.1, -0.05) is 18.5 Å². The van der Waals surface area contributed by atoms with Crippen LogP contribution < -0.4 is 10.5 Å². The molecule has 0 bridgehead atoms. The molecule has 18 heavy (non-hydrogen) atoms. The first-order chi connectivity index (χ1) is 8.67. The Balaban J connectivity index is 2.45. The second kappa shape index (κ2) is 5.08. The number of hydrogen-bond donors (Lipinski definition) is 1. The minimum Gasteiger partial charge on any atom is -0.494 e. The van der Waals surface area contributed by atoms with Crippen molar-refractivity contribution in [2.75, 3.05) is 12.8 Å². The number of hydrogen-bond acceptors (Lipinski definition) is 4. The van der Waals surface area contributed by atoms with Crippen LogP contribution in [0.1, 0.15) is 18.9 Å². The molecule has 0 saturated carbocycles. The maximum Gasteiger partial charge on any atom is 0.172 e. The molecular formula is C13H15FN2O2. The molecule has 0 aliphatic heterocycles. The van der Waals surface area contributed by atoms with Crippen molar-refractivity contribution in [2.24, 2.45) is 0 Å². The van der Waals surface area contributed by atoms with E-state index in [0.717, 1.165) is 18.4 Å². The fraction of sp³-hybridized carbons (Fsp3) is 0.308. The van der Waals surface area contributed by atoms with Gasteiger partial charge in [-0.2, -0.15) is 0 Å². The van der Waals surface area contributed by atoms with E-state index in [1.165, 1.54) is 13.2 Å². The van der Waals surface area contributed by atoms with Gasteiger partial charge in [0.2, 0.25) is 0 Å². The predicted molar refractivity (Wildman–Crippen MR) is 66.9 cm³/mol. The maximum absolute atomic E-state index is 13.6. The zero-order valence-electron chi connectivity index (χ0n) is 10.4. The summed E-state index contributed by atoms with van der Waals surface area (Å²) < 4.78 is 23.7. The summed E-state index contributed by atoms with van der Waals surface area (Å²) in [5.41, 5.74) is 7.17. The number of benzene rings is 1. The summed E-state index contributed by atoms with van der Waals surface area (Å²) in [6.07, 6.45) is 1.66. The Hall–Kier alpha value is -2.04. The molecule has 2 rings (SSSR count). The van der Waals surface area contributed by atoms with Crippen LogP contribution >= 0.6 is 0 Å². The number of rotatable bonds is 4. The van der Waals surface area contributed by atoms with E-state index in [1.54, 1.807) is 12.1 Å². The molecule has 0 fully saturated rings. The molecular weight excluding hydrogens is 235 g/mol. The van der Waals surface area contributed by atoms with Crippen molar-refractivity contribution < 1.29 is 13.7 Å². The van der Waals surface area contributed by atoms with Gasteiger partial charge in [0, 0.05) is 11.1 Å². The minimum atomic E-state index is -0.438. The standard InChI is InChI=1S/C13H15FN2O2/c1-3-4-9-12(18-16-13(9)15)8-5-6-11(17-2)10(14)7-8/h5-7H,3-4H2,1-2H3,(H2,15,16). The first-order valence-corrected chi connectivity index (χ1v) is 5.75. The molecule has 5 heteroatoms. The van der Waals surface area contributed by atoms with E-state index < -0.39 is 5.82 Å². The quantitative estimate of drug-likeness (QED) is 0.906. The van der Waals surface area contributed by atoms with Crippen molar-refractivity contribution in [3.05, 3.63) is 29.6 Å². The van der Waals surface area contributed by atoms with Crippen molar-refractivity contribution in [3.63, 3.8) is 0 Å². The topological polar surface area (TPSA) is 61.3 Å². The van der Waals surface area contributed by atoms with Gasteiger partial charge in [0.15, 0.2) is 23.1 Å². The SMILES string of the molecule is CCCc1c(N)noc1-c1ccc(OC)c(F)c1. The van der Waals surface area contributed by atoms with Crippen LogP contribution in [-0.2, 0) is 6.42 Å². The van der Waals surface area contributed by atoms with Gasteiger partial charge in [0.25, 0.3) is 0 Å². The number of nitrogens with zero attached hydrogens (tertiary/aromatic N) is 1. The Morgan fingerprint density at radius 3 is 2.83 bits per heavy atom. The Morgan fingerprint density at radius 2 is 2.22 bits per heavy atom. The summed E-state index contributed by atoms with van der Waals surface area (Å²) in [5, 5.41) is 3.73. The number of ether oxygens (including phenoxy) is 1. The molecule has 0 aliphatic carbocycles. The van der Waals surface area contributed by atoms with Crippen LogP contribution in [0.5, 0.6) is 5.75 Å². The predicted octanol–water partition coefficient (Wildman–Crippen LogP) is 3.02. The molecule has 0 aliphatic rings. The van der Waals surface area contributed by atoms with E-state index >= 15 is 0 Å². The summed E-state index contributed by atoms with van der Waals surface area (Å²) >= 11 is 0. The van der Waals surface area contributed by atoms with Gasteiger partial charge in [-0.25, -0.2) is 4.39 Å². The molecule has 2 aromatic rings. The lowest BCUT2D eigenvalue weighted by atomic mass is 10.0. The van der Waals surface area contributed by atoms with Gasteiger partial charge >= 0.3 is 0 Å². The average Bonchev–Trinajstić information content (AvgIpc) is 2.72. The highest BCUT2D eigenvalue weighted by molar-refractivity contribution is 5.66. The molecule has 0 spiro atoms. The number of halogens is 1. The van der Waals surface area contributed by atoms with Gasteiger partial charge in [-0.3, -0.25) is 0 Å². The number of nitrogens with two attached hydrogens (primary N) is 1. The maximum atomic E-state index is 13.6. The van der Waals surface area contributed by atoms with E-state index in [0.29, 0.717) is 17.1 Å². The van der Waals surface area contributed by atoms with Gasteiger partial charge < -0.3 is 15.0 Å². The van der Waals surface area contributed by atoms with Crippen LogP contribution in [0.2, 0.25) is 0 Å². The number of nitrogen functional groups attached to an aromatic ring is 1. The first kappa shape index (κ1) is 12.4. The monoisotopic (exact) mass is 250 g/mol. The van der Waals surface area contributed by atoms with E-state index in [-0.39, 0.29) is 5.75 Å². The molecule has 0 radical (unpaired) electrons. The zero-order valence-corrected chi connectivity index (χ0v) is 10.4. The van der Waals surface area contributed by atoms with E-state index in [4.69, 9.17) is 15.0 Å². The average molecular weight is 250 g/mol. The lowest BCUT2D eigenvalue weighted by Gasteiger charge is -2.04.